The summed E-state index contributed by atoms with van der Waals surface area (Å²) < 4.78 is 7.10. The summed E-state index contributed by atoms with van der Waals surface area (Å²) in [5.74, 6) is -1.26. The lowest BCUT2D eigenvalue weighted by Gasteiger charge is -2.07. The van der Waals surface area contributed by atoms with E-state index in [4.69, 9.17) is 9.84 Å². The largest absolute Gasteiger partial charge is 0.476 e. The topological polar surface area (TPSA) is 106 Å². The van der Waals surface area contributed by atoms with Crippen molar-refractivity contribution in [2.45, 2.75) is 25.5 Å². The molecule has 1 unspecified atom stereocenters. The summed E-state index contributed by atoms with van der Waals surface area (Å²) in [6.45, 7) is 1.08. The van der Waals surface area contributed by atoms with Crippen LogP contribution >= 0.6 is 11.3 Å². The van der Waals surface area contributed by atoms with Crippen molar-refractivity contribution in [2.24, 2.45) is 0 Å². The second-order valence-electron chi connectivity index (χ2n) is 6.37. The molecular weight excluding hydrogens is 380 g/mol. The Balaban J connectivity index is 1.40. The molecule has 0 aliphatic carbocycles. The van der Waals surface area contributed by atoms with Gasteiger partial charge in [0.25, 0.3) is 5.91 Å². The predicted molar refractivity (Wildman–Crippen MR) is 102 cm³/mol. The van der Waals surface area contributed by atoms with Gasteiger partial charge in [-0.2, -0.15) is 5.10 Å². The quantitative estimate of drug-likeness (QED) is 0.661. The number of rotatable bonds is 6. The Kier molecular flexibility index (Phi) is 5.18. The van der Waals surface area contributed by atoms with E-state index >= 15 is 0 Å². The van der Waals surface area contributed by atoms with Crippen LogP contribution in [0.4, 0.5) is 0 Å². The molecule has 1 aliphatic heterocycles. The van der Waals surface area contributed by atoms with E-state index < -0.39 is 5.97 Å². The van der Waals surface area contributed by atoms with Crippen LogP contribution in [0, 0.1) is 0 Å². The summed E-state index contributed by atoms with van der Waals surface area (Å²) >= 11 is 1.36. The van der Waals surface area contributed by atoms with E-state index in [0.717, 1.165) is 35.7 Å². The molecule has 1 fully saturated rings. The molecule has 0 bridgehead atoms. The third kappa shape index (κ3) is 3.95. The van der Waals surface area contributed by atoms with Crippen molar-refractivity contribution in [1.29, 1.82) is 0 Å². The Morgan fingerprint density at radius 3 is 3.00 bits per heavy atom. The van der Waals surface area contributed by atoms with Gasteiger partial charge in [-0.3, -0.25) is 4.79 Å². The molecule has 2 aromatic heterocycles. The van der Waals surface area contributed by atoms with Crippen molar-refractivity contribution in [3.05, 3.63) is 63.9 Å². The van der Waals surface area contributed by atoms with Crippen LogP contribution in [-0.4, -0.2) is 38.4 Å². The molecule has 28 heavy (non-hydrogen) atoms. The number of carboxylic acid groups (broad SMARTS) is 1. The molecule has 144 valence electrons. The van der Waals surface area contributed by atoms with E-state index in [0.29, 0.717) is 11.4 Å². The first-order valence-corrected chi connectivity index (χ1v) is 9.65. The van der Waals surface area contributed by atoms with Crippen LogP contribution in [0.1, 0.15) is 49.7 Å². The summed E-state index contributed by atoms with van der Waals surface area (Å²) in [4.78, 5) is 28.3. The lowest BCUT2D eigenvalue weighted by molar-refractivity contribution is 0.0689. The zero-order chi connectivity index (χ0) is 19.5. The molecule has 3 heterocycles. The van der Waals surface area contributed by atoms with E-state index in [2.05, 4.69) is 15.4 Å². The van der Waals surface area contributed by atoms with Crippen LogP contribution < -0.4 is 5.32 Å². The van der Waals surface area contributed by atoms with Crippen molar-refractivity contribution in [3.63, 3.8) is 0 Å². The normalized spacial score (nSPS) is 16.2. The fourth-order valence-electron chi connectivity index (χ4n) is 2.97. The third-order valence-corrected chi connectivity index (χ3v) is 5.48. The monoisotopic (exact) mass is 398 g/mol. The molecular formula is C19H18N4O4S. The Bertz CT molecular complexity index is 1010. The van der Waals surface area contributed by atoms with Gasteiger partial charge >= 0.3 is 5.97 Å². The van der Waals surface area contributed by atoms with Gasteiger partial charge in [0.1, 0.15) is 16.0 Å². The molecule has 8 nitrogen and oxygen atoms in total. The zero-order valence-electron chi connectivity index (χ0n) is 14.9. The van der Waals surface area contributed by atoms with Gasteiger partial charge in [-0.05, 0) is 36.6 Å². The first-order chi connectivity index (χ1) is 13.6. The van der Waals surface area contributed by atoms with Crippen LogP contribution in [0.3, 0.4) is 0 Å². The summed E-state index contributed by atoms with van der Waals surface area (Å²) in [6, 6.07) is 8.83. The molecule has 0 saturated carbocycles. The number of hydrogen-bond acceptors (Lipinski definition) is 6. The molecule has 3 aromatic rings. The lowest BCUT2D eigenvalue weighted by atomic mass is 10.2. The summed E-state index contributed by atoms with van der Waals surface area (Å²) in [5.41, 5.74) is 1.57. The molecule has 1 aromatic carbocycles. The Morgan fingerprint density at radius 1 is 1.36 bits per heavy atom. The first-order valence-electron chi connectivity index (χ1n) is 8.84. The number of aromatic carboxylic acids is 1. The highest BCUT2D eigenvalue weighted by Gasteiger charge is 2.22. The van der Waals surface area contributed by atoms with Crippen molar-refractivity contribution in [1.82, 2.24) is 20.1 Å². The number of aromatic nitrogens is 3. The summed E-state index contributed by atoms with van der Waals surface area (Å²) in [7, 11) is 0. The number of amides is 1. The zero-order valence-corrected chi connectivity index (χ0v) is 15.7. The summed E-state index contributed by atoms with van der Waals surface area (Å²) in [5, 5.41) is 16.7. The molecule has 1 amide bonds. The molecule has 9 heteroatoms. The minimum absolute atomic E-state index is 0.00740. The van der Waals surface area contributed by atoms with Gasteiger partial charge in [0.05, 0.1) is 11.9 Å². The predicted octanol–water partition coefficient (Wildman–Crippen LogP) is 2.81. The van der Waals surface area contributed by atoms with Crippen LogP contribution in [0.15, 0.2) is 42.7 Å². The van der Waals surface area contributed by atoms with E-state index in [1.54, 1.807) is 12.4 Å². The van der Waals surface area contributed by atoms with E-state index in [-0.39, 0.29) is 17.7 Å². The number of ether oxygens (including phenoxy) is 1. The van der Waals surface area contributed by atoms with Crippen molar-refractivity contribution >= 4 is 23.2 Å². The summed E-state index contributed by atoms with van der Waals surface area (Å²) in [6.07, 6.45) is 5.15. The molecule has 0 spiro atoms. The molecule has 1 aliphatic rings. The molecule has 2 N–H and O–H groups in total. The maximum Gasteiger partial charge on any atom is 0.356 e. The molecule has 4 rings (SSSR count). The van der Waals surface area contributed by atoms with Gasteiger partial charge in [0.2, 0.25) is 0 Å². The number of carbonyl (C=O) groups excluding carboxylic acids is 1. The van der Waals surface area contributed by atoms with Crippen LogP contribution in [-0.2, 0) is 11.3 Å². The maximum atomic E-state index is 12.4. The van der Waals surface area contributed by atoms with Crippen molar-refractivity contribution < 1.29 is 19.4 Å². The van der Waals surface area contributed by atoms with Gasteiger partial charge in [-0.15, -0.1) is 11.3 Å². The highest BCUT2D eigenvalue weighted by atomic mass is 32.1. The second kappa shape index (κ2) is 7.91. The fraction of sp³-hybridized carbons (Fsp3) is 0.263. The number of nitrogens with one attached hydrogen (secondary N) is 1. The highest BCUT2D eigenvalue weighted by molar-refractivity contribution is 7.13. The van der Waals surface area contributed by atoms with Crippen molar-refractivity contribution in [2.75, 3.05) is 6.61 Å². The standard InChI is InChI=1S/C19H18N4O4S/c24-17(16-11-21-18(28-16)15-5-2-8-27-15)20-10-12-3-1-4-13(9-12)23-7-6-14(22-23)19(25)26/h1,3-4,6-7,9,11,15H,2,5,8,10H2,(H,20,24)(H,25,26). The van der Waals surface area contributed by atoms with Gasteiger partial charge in [0, 0.05) is 19.3 Å². The van der Waals surface area contributed by atoms with Gasteiger partial charge < -0.3 is 15.2 Å². The SMILES string of the molecule is O=C(O)c1ccn(-c2cccc(CNC(=O)c3cnc(C4CCCO4)s3)c2)n1. The smallest absolute Gasteiger partial charge is 0.356 e. The minimum Gasteiger partial charge on any atom is -0.476 e. The number of carboxylic acids is 1. The average Bonchev–Trinajstić information content (AvgIpc) is 3.47. The number of thiazole rings is 1. The van der Waals surface area contributed by atoms with Crippen LogP contribution in [0.2, 0.25) is 0 Å². The lowest BCUT2D eigenvalue weighted by Crippen LogP contribution is -2.21. The minimum atomic E-state index is -1.07. The van der Waals surface area contributed by atoms with Crippen LogP contribution in [0.25, 0.3) is 5.69 Å². The van der Waals surface area contributed by atoms with Gasteiger partial charge in [0.15, 0.2) is 5.69 Å². The number of hydrogen-bond donors (Lipinski definition) is 2. The van der Waals surface area contributed by atoms with E-state index in [9.17, 15) is 9.59 Å². The fourth-order valence-corrected chi connectivity index (χ4v) is 3.89. The highest BCUT2D eigenvalue weighted by Crippen LogP contribution is 2.31. The van der Waals surface area contributed by atoms with Crippen LogP contribution in [0.5, 0.6) is 0 Å². The molecule has 0 radical (unpaired) electrons. The number of benzene rings is 1. The van der Waals surface area contributed by atoms with Gasteiger partial charge in [-0.1, -0.05) is 12.1 Å². The van der Waals surface area contributed by atoms with E-state index in [1.165, 1.54) is 22.1 Å². The van der Waals surface area contributed by atoms with Crippen molar-refractivity contribution in [3.8, 4) is 5.69 Å². The average molecular weight is 398 g/mol. The maximum absolute atomic E-state index is 12.4. The molecule has 1 atom stereocenters. The Hall–Kier alpha value is -3.04. The van der Waals surface area contributed by atoms with E-state index in [1.807, 2.05) is 24.3 Å². The Morgan fingerprint density at radius 2 is 2.25 bits per heavy atom. The first kappa shape index (κ1) is 18.3. The second-order valence-corrected chi connectivity index (χ2v) is 7.43. The number of carbonyl (C=O) groups is 2. The van der Waals surface area contributed by atoms with Gasteiger partial charge in [-0.25, -0.2) is 14.5 Å². The molecule has 1 saturated heterocycles. The number of nitrogens with zero attached hydrogens (tertiary/aromatic N) is 3. The third-order valence-electron chi connectivity index (χ3n) is 4.39. The Labute approximate surface area is 164 Å².